The van der Waals surface area contributed by atoms with Crippen LogP contribution in [0.2, 0.25) is 0 Å². The highest BCUT2D eigenvalue weighted by molar-refractivity contribution is 5.89. The second-order valence-electron chi connectivity index (χ2n) is 5.25. The lowest BCUT2D eigenvalue weighted by atomic mass is 10.1. The van der Waals surface area contributed by atoms with Gasteiger partial charge in [0.25, 0.3) is 0 Å². The van der Waals surface area contributed by atoms with Crippen LogP contribution in [0.5, 0.6) is 0 Å². The molecule has 1 aromatic rings. The van der Waals surface area contributed by atoms with E-state index in [9.17, 15) is 4.79 Å². The number of ether oxygens (including phenoxy) is 1. The van der Waals surface area contributed by atoms with Crippen molar-refractivity contribution in [1.82, 2.24) is 0 Å². The van der Waals surface area contributed by atoms with Crippen LogP contribution in [0, 0.1) is 0 Å². The Hall–Kier alpha value is -1.77. The van der Waals surface area contributed by atoms with Gasteiger partial charge in [0.2, 0.25) is 0 Å². The predicted molar refractivity (Wildman–Crippen MR) is 88.2 cm³/mol. The maximum absolute atomic E-state index is 11.8. The molecular weight excluding hydrogens is 262 g/mol. The highest BCUT2D eigenvalue weighted by atomic mass is 16.5. The van der Waals surface area contributed by atoms with Gasteiger partial charge in [-0.1, -0.05) is 50.8 Å². The summed E-state index contributed by atoms with van der Waals surface area (Å²) in [5.41, 5.74) is 2.63. The second-order valence-corrected chi connectivity index (χ2v) is 5.25. The molecule has 0 bridgehead atoms. The van der Waals surface area contributed by atoms with Crippen LogP contribution >= 0.6 is 0 Å². The number of esters is 1. The summed E-state index contributed by atoms with van der Waals surface area (Å²) in [7, 11) is 1.42. The van der Waals surface area contributed by atoms with E-state index < -0.39 is 0 Å². The van der Waals surface area contributed by atoms with E-state index in [1.807, 2.05) is 37.3 Å². The van der Waals surface area contributed by atoms with Crippen molar-refractivity contribution in [2.45, 2.75) is 52.4 Å². The molecule has 0 atom stereocenters. The summed E-state index contributed by atoms with van der Waals surface area (Å²) in [5.74, 6) is -0.262. The normalized spacial score (nSPS) is 11.8. The summed E-state index contributed by atoms with van der Waals surface area (Å²) in [6.07, 6.45) is 6.94. The van der Waals surface area contributed by atoms with Gasteiger partial charge in [-0.25, -0.2) is 4.79 Å². The van der Waals surface area contributed by atoms with Crippen LogP contribution in [0.3, 0.4) is 0 Å². The lowest BCUT2D eigenvalue weighted by Gasteiger charge is -2.14. The molecular formula is C18H27NO2. The number of unbranched alkanes of at least 4 members (excludes halogenated alkanes) is 4. The van der Waals surface area contributed by atoms with Crippen LogP contribution < -0.4 is 5.32 Å². The maximum Gasteiger partial charge on any atom is 0.335 e. The Kier molecular flexibility index (Phi) is 8.25. The first-order chi connectivity index (χ1) is 10.2. The Morgan fingerprint density at radius 1 is 1.10 bits per heavy atom. The number of allylic oxidation sites excluding steroid dienone is 1. The van der Waals surface area contributed by atoms with E-state index in [0.29, 0.717) is 5.57 Å². The fourth-order valence-corrected chi connectivity index (χ4v) is 2.22. The molecule has 0 amide bonds. The first-order valence-corrected chi connectivity index (χ1v) is 7.79. The minimum Gasteiger partial charge on any atom is -0.466 e. The highest BCUT2D eigenvalue weighted by Crippen LogP contribution is 2.19. The molecule has 0 aromatic heterocycles. The average Bonchev–Trinajstić information content (AvgIpc) is 2.53. The summed E-state index contributed by atoms with van der Waals surface area (Å²) in [6.45, 7) is 4.03. The van der Waals surface area contributed by atoms with Crippen molar-refractivity contribution in [3.05, 3.63) is 41.6 Å². The summed E-state index contributed by atoms with van der Waals surface area (Å²) in [6, 6.07) is 9.94. The molecule has 1 aromatic carbocycles. The van der Waals surface area contributed by atoms with Gasteiger partial charge in [0, 0.05) is 11.4 Å². The molecule has 1 N–H and O–H groups in total. The number of methoxy groups -OCH3 is 1. The van der Waals surface area contributed by atoms with Crippen LogP contribution in [0.4, 0.5) is 5.69 Å². The Bertz CT molecular complexity index is 452. The molecule has 0 aliphatic carbocycles. The molecule has 0 unspecified atom stereocenters. The third-order valence-electron chi connectivity index (χ3n) is 3.54. The van der Waals surface area contributed by atoms with Crippen molar-refractivity contribution in [3.63, 3.8) is 0 Å². The van der Waals surface area contributed by atoms with Gasteiger partial charge in [-0.15, -0.1) is 0 Å². The molecule has 0 spiro atoms. The average molecular weight is 289 g/mol. The number of benzene rings is 1. The minimum atomic E-state index is -0.262. The number of anilines is 1. The van der Waals surface area contributed by atoms with Gasteiger partial charge < -0.3 is 10.1 Å². The van der Waals surface area contributed by atoms with Gasteiger partial charge in [0.1, 0.15) is 0 Å². The lowest BCUT2D eigenvalue weighted by molar-refractivity contribution is -0.136. The molecule has 0 aliphatic heterocycles. The molecule has 0 saturated heterocycles. The van der Waals surface area contributed by atoms with Crippen LogP contribution in [-0.4, -0.2) is 13.1 Å². The third-order valence-corrected chi connectivity index (χ3v) is 3.54. The van der Waals surface area contributed by atoms with Crippen LogP contribution in [0.15, 0.2) is 41.6 Å². The van der Waals surface area contributed by atoms with E-state index >= 15 is 0 Å². The number of carbonyl (C=O) groups excluding carboxylic acids is 1. The lowest BCUT2D eigenvalue weighted by Crippen LogP contribution is -2.10. The van der Waals surface area contributed by atoms with E-state index in [-0.39, 0.29) is 5.97 Å². The van der Waals surface area contributed by atoms with E-state index in [1.54, 1.807) is 0 Å². The third kappa shape index (κ3) is 6.48. The molecule has 0 fully saturated rings. The highest BCUT2D eigenvalue weighted by Gasteiger charge is 2.11. The number of hydrogen-bond donors (Lipinski definition) is 1. The maximum atomic E-state index is 11.8. The molecule has 1 rings (SSSR count). The number of para-hydroxylation sites is 1. The van der Waals surface area contributed by atoms with Gasteiger partial charge >= 0.3 is 5.97 Å². The molecule has 21 heavy (non-hydrogen) atoms. The van der Waals surface area contributed by atoms with Crippen molar-refractivity contribution in [2.24, 2.45) is 0 Å². The van der Waals surface area contributed by atoms with Gasteiger partial charge in [0.05, 0.1) is 12.7 Å². The van der Waals surface area contributed by atoms with E-state index in [2.05, 4.69) is 12.2 Å². The predicted octanol–water partition coefficient (Wildman–Crippen LogP) is 4.91. The molecule has 0 heterocycles. The van der Waals surface area contributed by atoms with Crippen LogP contribution in [-0.2, 0) is 9.53 Å². The Labute approximate surface area is 128 Å². The van der Waals surface area contributed by atoms with Crippen molar-refractivity contribution in [1.29, 1.82) is 0 Å². The Balaban J connectivity index is 2.69. The summed E-state index contributed by atoms with van der Waals surface area (Å²) in [5, 5.41) is 3.36. The molecule has 0 aliphatic rings. The first kappa shape index (κ1) is 17.3. The zero-order valence-electron chi connectivity index (χ0n) is 13.4. The largest absolute Gasteiger partial charge is 0.466 e. The van der Waals surface area contributed by atoms with Gasteiger partial charge in [-0.05, 0) is 31.9 Å². The van der Waals surface area contributed by atoms with E-state index in [0.717, 1.165) is 24.2 Å². The first-order valence-electron chi connectivity index (χ1n) is 7.79. The number of nitrogens with one attached hydrogen (secondary N) is 1. The number of rotatable bonds is 9. The second kappa shape index (κ2) is 10.0. The molecule has 0 saturated carbocycles. The SMILES string of the molecule is CCCCCCC/C(Nc1ccccc1)=C(\C)C(=O)OC. The van der Waals surface area contributed by atoms with Gasteiger partial charge in [0.15, 0.2) is 0 Å². The van der Waals surface area contributed by atoms with Crippen molar-refractivity contribution < 1.29 is 9.53 Å². The molecule has 0 radical (unpaired) electrons. The van der Waals surface area contributed by atoms with Gasteiger partial charge in [-0.3, -0.25) is 0 Å². The summed E-state index contributed by atoms with van der Waals surface area (Å²) < 4.78 is 4.84. The summed E-state index contributed by atoms with van der Waals surface area (Å²) in [4.78, 5) is 11.8. The quantitative estimate of drug-likeness (QED) is 0.399. The van der Waals surface area contributed by atoms with Crippen LogP contribution in [0.1, 0.15) is 52.4 Å². The Morgan fingerprint density at radius 3 is 2.38 bits per heavy atom. The molecule has 3 nitrogen and oxygen atoms in total. The van der Waals surface area contributed by atoms with Gasteiger partial charge in [-0.2, -0.15) is 0 Å². The summed E-state index contributed by atoms with van der Waals surface area (Å²) >= 11 is 0. The number of hydrogen-bond acceptors (Lipinski definition) is 3. The smallest absolute Gasteiger partial charge is 0.335 e. The van der Waals surface area contributed by atoms with Crippen LogP contribution in [0.25, 0.3) is 0 Å². The zero-order chi connectivity index (χ0) is 15.5. The Morgan fingerprint density at radius 2 is 1.76 bits per heavy atom. The van der Waals surface area contributed by atoms with Crippen molar-refractivity contribution in [3.8, 4) is 0 Å². The van der Waals surface area contributed by atoms with E-state index in [1.165, 1.54) is 32.8 Å². The fraction of sp³-hybridized carbons (Fsp3) is 0.500. The topological polar surface area (TPSA) is 38.3 Å². The monoisotopic (exact) mass is 289 g/mol. The van der Waals surface area contributed by atoms with E-state index in [4.69, 9.17) is 4.74 Å². The standard InChI is InChI=1S/C18H27NO2/c1-4-5-6-7-11-14-17(15(2)18(20)21-3)19-16-12-9-8-10-13-16/h8-10,12-13,19H,4-7,11,14H2,1-3H3/b17-15-. The molecule has 3 heteroatoms. The zero-order valence-corrected chi connectivity index (χ0v) is 13.4. The van der Waals surface area contributed by atoms with Crippen molar-refractivity contribution >= 4 is 11.7 Å². The molecule has 116 valence electrons. The van der Waals surface area contributed by atoms with Crippen molar-refractivity contribution in [2.75, 3.05) is 12.4 Å². The minimum absolute atomic E-state index is 0.262. The number of carbonyl (C=O) groups is 1. The fourth-order valence-electron chi connectivity index (χ4n) is 2.22.